The zero-order chi connectivity index (χ0) is 28.7. The largest absolute Gasteiger partial charge is 2.00 e. The number of aryl methyl sites for hydroxylation is 2. The van der Waals surface area contributed by atoms with Crippen LogP contribution >= 0.6 is 0 Å². The third-order valence-electron chi connectivity index (χ3n) is 8.22. The second-order valence-corrected chi connectivity index (χ2v) is 10.7. The number of nitrogens with zero attached hydrogens (tertiary/aromatic N) is 6. The molecule has 0 bridgehead atoms. The second kappa shape index (κ2) is 9.97. The predicted molar refractivity (Wildman–Crippen MR) is 169 cm³/mol. The Morgan fingerprint density at radius 2 is 1.25 bits per heavy atom. The number of pyridine rings is 4. The molecule has 212 valence electrons. The van der Waals surface area contributed by atoms with Crippen LogP contribution in [0, 0.1) is 26.0 Å². The summed E-state index contributed by atoms with van der Waals surface area (Å²) in [5, 5.41) is 5.86. The summed E-state index contributed by atoms with van der Waals surface area (Å²) >= 11 is 0. The van der Waals surface area contributed by atoms with Gasteiger partial charge in [-0.3, -0.25) is 9.97 Å². The maximum atomic E-state index is 6.43. The molecule has 0 N–H and O–H groups in total. The van der Waals surface area contributed by atoms with Crippen LogP contribution in [0.2, 0.25) is 0 Å². The first kappa shape index (κ1) is 26.5. The zero-order valence-electron chi connectivity index (χ0n) is 23.6. The van der Waals surface area contributed by atoms with E-state index in [-0.39, 0.29) is 21.1 Å². The Bertz CT molecular complexity index is 2570. The van der Waals surface area contributed by atoms with Crippen molar-refractivity contribution in [2.45, 2.75) is 13.8 Å². The van der Waals surface area contributed by atoms with Gasteiger partial charge in [0.05, 0.1) is 17.0 Å². The number of rotatable bonds is 3. The van der Waals surface area contributed by atoms with Gasteiger partial charge in [0, 0.05) is 47.0 Å². The molecule has 0 unspecified atom stereocenters. The summed E-state index contributed by atoms with van der Waals surface area (Å²) in [4.78, 5) is 19.3. The standard InChI is InChI=1S/C36H22N6O.Pt/c1-21-22(2)42-34-29(11-7-17-38-34)27-15-13-25(19-31(27)36(42)39-21)43-24-12-14-26-28-10-6-16-37-33(28)41-20-32(23-8-4-3-5-9-23)40-35(41)30(26)18-24;/h3-17,20H,1-2H3;/q-2;+2. The Morgan fingerprint density at radius 3 is 1.95 bits per heavy atom. The minimum Gasteiger partial charge on any atom is -0.497 e. The Labute approximate surface area is 266 Å². The van der Waals surface area contributed by atoms with Crippen molar-refractivity contribution in [1.29, 1.82) is 0 Å². The summed E-state index contributed by atoms with van der Waals surface area (Å²) in [6.07, 6.45) is 5.67. The van der Waals surface area contributed by atoms with Crippen LogP contribution in [0.4, 0.5) is 0 Å². The van der Waals surface area contributed by atoms with Crippen LogP contribution in [0.15, 0.2) is 97.5 Å². The summed E-state index contributed by atoms with van der Waals surface area (Å²) < 4.78 is 10.6. The number of hydrogen-bond donors (Lipinski definition) is 0. The van der Waals surface area contributed by atoms with Crippen molar-refractivity contribution >= 4 is 54.9 Å². The minimum atomic E-state index is 0. The van der Waals surface area contributed by atoms with E-state index < -0.39 is 0 Å². The topological polar surface area (TPSA) is 69.6 Å². The Kier molecular flexibility index (Phi) is 6.00. The van der Waals surface area contributed by atoms with E-state index in [1.54, 1.807) is 0 Å². The molecular formula is C36H22N6OPt. The summed E-state index contributed by atoms with van der Waals surface area (Å²) in [6.45, 7) is 4.09. The van der Waals surface area contributed by atoms with Gasteiger partial charge in [-0.1, -0.05) is 88.3 Å². The fourth-order valence-electron chi connectivity index (χ4n) is 6.08. The Morgan fingerprint density at radius 1 is 0.614 bits per heavy atom. The van der Waals surface area contributed by atoms with Crippen LogP contribution in [-0.2, 0) is 21.1 Å². The SMILES string of the molecule is Cc1nc2c3[c-]c(Oc4[c-]c5c(cc4)c4cccnc4n4cc(-c6ccccc6)nc54)ccc3c3cccnc3n2c1C.[Pt+2]. The Hall–Kier alpha value is -5.13. The van der Waals surface area contributed by atoms with Gasteiger partial charge in [0.25, 0.3) is 0 Å². The number of imidazole rings is 2. The van der Waals surface area contributed by atoms with Crippen LogP contribution in [0.5, 0.6) is 11.5 Å². The fourth-order valence-corrected chi connectivity index (χ4v) is 6.08. The van der Waals surface area contributed by atoms with Crippen molar-refractivity contribution in [3.05, 3.63) is 121 Å². The van der Waals surface area contributed by atoms with Crippen molar-refractivity contribution in [1.82, 2.24) is 28.7 Å². The normalized spacial score (nSPS) is 11.7. The van der Waals surface area contributed by atoms with E-state index in [0.29, 0.717) is 11.5 Å². The average Bonchev–Trinajstić information content (AvgIpc) is 3.64. The van der Waals surface area contributed by atoms with Gasteiger partial charge in [-0.25, -0.2) is 9.97 Å². The van der Waals surface area contributed by atoms with Crippen molar-refractivity contribution in [2.24, 2.45) is 0 Å². The number of benzene rings is 3. The van der Waals surface area contributed by atoms with Gasteiger partial charge < -0.3 is 13.5 Å². The summed E-state index contributed by atoms with van der Waals surface area (Å²) in [7, 11) is 0. The quantitative estimate of drug-likeness (QED) is 0.135. The van der Waals surface area contributed by atoms with E-state index in [0.717, 1.165) is 77.6 Å². The predicted octanol–water partition coefficient (Wildman–Crippen LogP) is 8.06. The molecule has 0 fully saturated rings. The first-order chi connectivity index (χ1) is 21.1. The van der Waals surface area contributed by atoms with Crippen molar-refractivity contribution < 1.29 is 25.8 Å². The van der Waals surface area contributed by atoms with Crippen LogP contribution in [0.3, 0.4) is 0 Å². The maximum Gasteiger partial charge on any atom is 2.00 e. The molecule has 0 aliphatic carbocycles. The zero-order valence-corrected chi connectivity index (χ0v) is 25.9. The monoisotopic (exact) mass is 749 g/mol. The number of hydrogen-bond acceptors (Lipinski definition) is 5. The fraction of sp³-hybridized carbons (Fsp3) is 0.0556. The first-order valence-electron chi connectivity index (χ1n) is 14.1. The third kappa shape index (κ3) is 3.86. The van der Waals surface area contributed by atoms with Crippen LogP contribution < -0.4 is 4.74 Å². The van der Waals surface area contributed by atoms with Crippen LogP contribution in [0.1, 0.15) is 11.4 Å². The molecule has 0 radical (unpaired) electrons. The van der Waals surface area contributed by atoms with E-state index in [1.165, 1.54) is 0 Å². The van der Waals surface area contributed by atoms with E-state index in [1.807, 2.05) is 72.4 Å². The maximum absolute atomic E-state index is 6.43. The van der Waals surface area contributed by atoms with Crippen molar-refractivity contribution in [2.75, 3.05) is 0 Å². The molecule has 0 saturated heterocycles. The molecule has 0 atom stereocenters. The first-order valence-corrected chi connectivity index (χ1v) is 14.1. The molecule has 0 spiro atoms. The average molecular weight is 750 g/mol. The van der Waals surface area contributed by atoms with E-state index in [9.17, 15) is 0 Å². The number of ether oxygens (including phenoxy) is 1. The molecule has 0 amide bonds. The minimum absolute atomic E-state index is 0. The van der Waals surface area contributed by atoms with Crippen LogP contribution in [-0.4, -0.2) is 28.7 Å². The summed E-state index contributed by atoms with van der Waals surface area (Å²) in [5.74, 6) is 1.16. The summed E-state index contributed by atoms with van der Waals surface area (Å²) in [6, 6.07) is 33.3. The molecule has 8 heteroatoms. The number of aromatic nitrogens is 6. The third-order valence-corrected chi connectivity index (χ3v) is 8.22. The van der Waals surface area contributed by atoms with Crippen molar-refractivity contribution in [3.8, 4) is 22.8 Å². The van der Waals surface area contributed by atoms with E-state index >= 15 is 0 Å². The van der Waals surface area contributed by atoms with Gasteiger partial charge in [0.1, 0.15) is 11.3 Å². The molecule has 7 nitrogen and oxygen atoms in total. The van der Waals surface area contributed by atoms with Gasteiger partial charge in [-0.15, -0.1) is 12.1 Å². The molecule has 44 heavy (non-hydrogen) atoms. The molecule has 3 aromatic carbocycles. The molecule has 9 rings (SSSR count). The molecular weight excluding hydrogens is 728 g/mol. The summed E-state index contributed by atoms with van der Waals surface area (Å²) in [5.41, 5.74) is 7.26. The number of fused-ring (bicyclic) bond motifs is 12. The molecule has 6 heterocycles. The van der Waals surface area contributed by atoms with Gasteiger partial charge in [-0.05, 0) is 36.8 Å². The molecule has 0 saturated carbocycles. The Balaban J connectivity index is 0.00000289. The second-order valence-electron chi connectivity index (χ2n) is 10.7. The van der Waals surface area contributed by atoms with Crippen LogP contribution in [0.25, 0.3) is 66.2 Å². The van der Waals surface area contributed by atoms with E-state index in [4.69, 9.17) is 19.7 Å². The van der Waals surface area contributed by atoms with Gasteiger partial charge >= 0.3 is 21.1 Å². The smallest absolute Gasteiger partial charge is 0.497 e. The van der Waals surface area contributed by atoms with E-state index in [2.05, 4.69) is 64.8 Å². The van der Waals surface area contributed by atoms with Gasteiger partial charge in [-0.2, -0.15) is 0 Å². The van der Waals surface area contributed by atoms with Crippen molar-refractivity contribution in [3.63, 3.8) is 0 Å². The molecule has 0 aliphatic heterocycles. The molecule has 6 aromatic heterocycles. The molecule has 9 aromatic rings. The molecule has 0 aliphatic rings. The van der Waals surface area contributed by atoms with Gasteiger partial charge in [0.15, 0.2) is 0 Å². The van der Waals surface area contributed by atoms with Gasteiger partial charge in [0.2, 0.25) is 0 Å².